The highest BCUT2D eigenvalue weighted by molar-refractivity contribution is 5.81. The first-order valence-electron chi connectivity index (χ1n) is 5.06. The quantitative estimate of drug-likeness (QED) is 0.571. The van der Waals surface area contributed by atoms with Crippen molar-refractivity contribution in [3.05, 3.63) is 0 Å². The number of esters is 1. The minimum atomic E-state index is -5.66. The fourth-order valence-corrected chi connectivity index (χ4v) is 1.74. The van der Waals surface area contributed by atoms with Crippen molar-refractivity contribution in [1.82, 2.24) is 0 Å². The lowest BCUT2D eigenvalue weighted by Gasteiger charge is -2.25. The molecule has 0 spiro atoms. The monoisotopic (exact) mass is 278 g/mol. The minimum Gasteiger partial charge on any atom is -0.442 e. The fourth-order valence-electron chi connectivity index (χ4n) is 1.74. The summed E-state index contributed by atoms with van der Waals surface area (Å²) in [6.45, 7) is 4.44. The topological polar surface area (TPSA) is 26.3 Å². The molecule has 1 unspecified atom stereocenters. The highest BCUT2D eigenvalue weighted by atomic mass is 19.4. The van der Waals surface area contributed by atoms with E-state index in [-0.39, 0.29) is 6.42 Å². The molecular weight excluding hydrogens is 266 g/mol. The third-order valence-corrected chi connectivity index (χ3v) is 3.43. The van der Waals surface area contributed by atoms with Crippen LogP contribution in [0.4, 0.5) is 26.3 Å². The van der Waals surface area contributed by atoms with E-state index in [1.165, 1.54) is 6.92 Å². The van der Waals surface area contributed by atoms with Crippen LogP contribution in [0.3, 0.4) is 0 Å². The Bertz CT molecular complexity index is 342. The largest absolute Gasteiger partial charge is 0.442 e. The van der Waals surface area contributed by atoms with Gasteiger partial charge in [0.25, 0.3) is 6.10 Å². The zero-order valence-electron chi connectivity index (χ0n) is 9.87. The van der Waals surface area contributed by atoms with Crippen LogP contribution in [0.5, 0.6) is 0 Å². The van der Waals surface area contributed by atoms with Gasteiger partial charge in [-0.2, -0.15) is 26.3 Å². The maximum absolute atomic E-state index is 12.2. The first kappa shape index (κ1) is 15.1. The maximum atomic E-state index is 12.2. The molecule has 1 saturated carbocycles. The van der Waals surface area contributed by atoms with Crippen molar-refractivity contribution in [2.45, 2.75) is 45.6 Å². The zero-order chi connectivity index (χ0) is 14.6. The normalized spacial score (nSPS) is 27.2. The van der Waals surface area contributed by atoms with E-state index in [1.807, 2.05) is 0 Å². The SMILES string of the molecule is CC1(C)CC1(C)C(=O)OC(C(F)(F)F)C(F)(F)F. The third kappa shape index (κ3) is 2.56. The Morgan fingerprint density at radius 1 is 1.06 bits per heavy atom. The molecule has 0 radical (unpaired) electrons. The van der Waals surface area contributed by atoms with E-state index < -0.39 is 35.3 Å². The second-order valence-electron chi connectivity index (χ2n) is 5.26. The molecule has 0 aromatic heterocycles. The van der Waals surface area contributed by atoms with Crippen LogP contribution in [0.1, 0.15) is 27.2 Å². The van der Waals surface area contributed by atoms with Crippen molar-refractivity contribution in [3.63, 3.8) is 0 Å². The van der Waals surface area contributed by atoms with E-state index in [9.17, 15) is 31.1 Å². The summed E-state index contributed by atoms with van der Waals surface area (Å²) < 4.78 is 76.7. The molecule has 1 aliphatic carbocycles. The van der Waals surface area contributed by atoms with Crippen LogP contribution in [0.25, 0.3) is 0 Å². The molecule has 8 heteroatoms. The predicted octanol–water partition coefficient (Wildman–Crippen LogP) is 3.46. The number of carbonyl (C=O) groups excluding carboxylic acids is 1. The van der Waals surface area contributed by atoms with Gasteiger partial charge >= 0.3 is 18.3 Å². The lowest BCUT2D eigenvalue weighted by Crippen LogP contribution is -2.46. The van der Waals surface area contributed by atoms with Gasteiger partial charge in [0.2, 0.25) is 0 Å². The number of hydrogen-bond acceptors (Lipinski definition) is 2. The van der Waals surface area contributed by atoms with Gasteiger partial charge < -0.3 is 4.74 Å². The smallest absolute Gasteiger partial charge is 0.434 e. The molecule has 0 N–H and O–H groups in total. The summed E-state index contributed by atoms with van der Waals surface area (Å²) in [6.07, 6.45) is -15.2. The van der Waals surface area contributed by atoms with Crippen molar-refractivity contribution in [2.75, 3.05) is 0 Å². The van der Waals surface area contributed by atoms with Gasteiger partial charge in [0.1, 0.15) is 0 Å². The molecule has 0 aromatic rings. The summed E-state index contributed by atoms with van der Waals surface area (Å²) >= 11 is 0. The van der Waals surface area contributed by atoms with Crippen LogP contribution in [0.2, 0.25) is 0 Å². The Morgan fingerprint density at radius 3 is 1.61 bits per heavy atom. The van der Waals surface area contributed by atoms with Crippen LogP contribution in [-0.4, -0.2) is 24.4 Å². The van der Waals surface area contributed by atoms with Crippen molar-refractivity contribution >= 4 is 5.97 Å². The van der Waals surface area contributed by atoms with Gasteiger partial charge in [-0.3, -0.25) is 4.79 Å². The van der Waals surface area contributed by atoms with Gasteiger partial charge in [-0.1, -0.05) is 13.8 Å². The highest BCUT2D eigenvalue weighted by Gasteiger charge is 2.67. The molecule has 1 atom stereocenters. The lowest BCUT2D eigenvalue weighted by molar-refractivity contribution is -0.314. The van der Waals surface area contributed by atoms with Crippen LogP contribution in [-0.2, 0) is 9.53 Å². The molecule has 0 heterocycles. The van der Waals surface area contributed by atoms with E-state index in [0.29, 0.717) is 0 Å². The average molecular weight is 278 g/mol. The highest BCUT2D eigenvalue weighted by Crippen LogP contribution is 2.64. The van der Waals surface area contributed by atoms with Crippen molar-refractivity contribution in [1.29, 1.82) is 0 Å². The molecule has 0 aromatic carbocycles. The third-order valence-electron chi connectivity index (χ3n) is 3.43. The van der Waals surface area contributed by atoms with Crippen LogP contribution in [0.15, 0.2) is 0 Å². The molecule has 1 fully saturated rings. The Morgan fingerprint density at radius 2 is 1.39 bits per heavy atom. The second-order valence-corrected chi connectivity index (χ2v) is 5.26. The molecule has 18 heavy (non-hydrogen) atoms. The number of ether oxygens (including phenoxy) is 1. The minimum absolute atomic E-state index is 0.196. The molecule has 1 aliphatic rings. The number of carbonyl (C=O) groups is 1. The van der Waals surface area contributed by atoms with Crippen LogP contribution in [0, 0.1) is 10.8 Å². The van der Waals surface area contributed by atoms with E-state index >= 15 is 0 Å². The van der Waals surface area contributed by atoms with Crippen molar-refractivity contribution < 1.29 is 35.9 Å². The molecule has 0 saturated heterocycles. The summed E-state index contributed by atoms with van der Waals surface area (Å²) in [5.41, 5.74) is -1.94. The Kier molecular flexibility index (Phi) is 3.17. The number of alkyl halides is 6. The van der Waals surface area contributed by atoms with Crippen molar-refractivity contribution in [2.24, 2.45) is 10.8 Å². The first-order chi connectivity index (χ1) is 7.72. The lowest BCUT2D eigenvalue weighted by atomic mass is 9.98. The maximum Gasteiger partial charge on any atom is 0.434 e. The van der Waals surface area contributed by atoms with Gasteiger partial charge in [-0.05, 0) is 18.8 Å². The molecule has 0 aliphatic heterocycles. The van der Waals surface area contributed by atoms with Gasteiger partial charge in [0, 0.05) is 0 Å². The second kappa shape index (κ2) is 3.77. The Balaban J connectivity index is 2.85. The van der Waals surface area contributed by atoms with E-state index in [4.69, 9.17) is 0 Å². The number of hydrogen-bond donors (Lipinski definition) is 0. The Labute approximate surface area is 99.3 Å². The molecule has 1 rings (SSSR count). The number of rotatable bonds is 2. The number of halogens is 6. The van der Waals surface area contributed by atoms with E-state index in [0.717, 1.165) is 0 Å². The van der Waals surface area contributed by atoms with Crippen molar-refractivity contribution in [3.8, 4) is 0 Å². The zero-order valence-corrected chi connectivity index (χ0v) is 9.87. The standard InChI is InChI=1S/C10H12F6O2/c1-7(2)4-8(7,3)6(17)18-5(9(11,12)13)10(14,15)16/h5H,4H2,1-3H3. The van der Waals surface area contributed by atoms with Gasteiger partial charge in [-0.25, -0.2) is 0 Å². The predicted molar refractivity (Wildman–Crippen MR) is 48.5 cm³/mol. The first-order valence-corrected chi connectivity index (χ1v) is 5.06. The van der Waals surface area contributed by atoms with E-state index in [1.54, 1.807) is 13.8 Å². The Hall–Kier alpha value is -0.950. The summed E-state index contributed by atoms with van der Waals surface area (Å²) in [6, 6.07) is 0. The molecular formula is C10H12F6O2. The van der Waals surface area contributed by atoms with Gasteiger partial charge in [0.05, 0.1) is 5.41 Å². The molecule has 0 bridgehead atoms. The van der Waals surface area contributed by atoms with Crippen LogP contribution >= 0.6 is 0 Å². The summed E-state index contributed by atoms with van der Waals surface area (Å²) in [5, 5.41) is 0. The molecule has 106 valence electrons. The average Bonchev–Trinajstić information content (AvgIpc) is 2.58. The summed E-state index contributed by atoms with van der Waals surface area (Å²) in [7, 11) is 0. The van der Waals surface area contributed by atoms with Gasteiger partial charge in [-0.15, -0.1) is 0 Å². The molecule has 2 nitrogen and oxygen atoms in total. The van der Waals surface area contributed by atoms with E-state index in [2.05, 4.69) is 4.74 Å². The summed E-state index contributed by atoms with van der Waals surface area (Å²) in [5.74, 6) is -1.47. The summed E-state index contributed by atoms with van der Waals surface area (Å²) in [4.78, 5) is 11.4. The van der Waals surface area contributed by atoms with Crippen LogP contribution < -0.4 is 0 Å². The fraction of sp³-hybridized carbons (Fsp3) is 0.900. The van der Waals surface area contributed by atoms with Gasteiger partial charge in [0.15, 0.2) is 0 Å². The molecule has 0 amide bonds.